The molecule has 0 radical (unpaired) electrons. The van der Waals surface area contributed by atoms with Gasteiger partial charge in [0.25, 0.3) is 5.89 Å². The number of phenols is 1. The van der Waals surface area contributed by atoms with Gasteiger partial charge in [-0.1, -0.05) is 0 Å². The van der Waals surface area contributed by atoms with Crippen LogP contribution < -0.4 is 10.6 Å². The topological polar surface area (TPSA) is 87.4 Å². The molecule has 22 heavy (non-hydrogen) atoms. The van der Waals surface area contributed by atoms with Crippen molar-refractivity contribution in [3.05, 3.63) is 36.4 Å². The fourth-order valence-electron chi connectivity index (χ4n) is 3.35. The molecule has 1 aromatic heterocycles. The quantitative estimate of drug-likeness (QED) is 0.802. The summed E-state index contributed by atoms with van der Waals surface area (Å²) in [4.78, 5) is 16.3. The number of phenolic OH excluding ortho intramolecular Hbond substituents is 1. The van der Waals surface area contributed by atoms with Crippen molar-refractivity contribution in [2.75, 3.05) is 0 Å². The first-order valence-electron chi connectivity index (χ1n) is 7.51. The monoisotopic (exact) mass is 299 g/mol. The Morgan fingerprint density at radius 2 is 2.14 bits per heavy atom. The summed E-state index contributed by atoms with van der Waals surface area (Å²) in [6.07, 6.45) is 4.81. The van der Waals surface area contributed by atoms with Crippen LogP contribution in [0.1, 0.15) is 29.9 Å². The number of hydrogen-bond donors (Lipinski definition) is 3. The van der Waals surface area contributed by atoms with E-state index in [2.05, 4.69) is 15.6 Å². The molecule has 3 heterocycles. The Labute approximate surface area is 127 Å². The number of carbonyl (C=O) groups is 1. The fraction of sp³-hybridized carbons (Fsp3) is 0.375. The second-order valence-corrected chi connectivity index (χ2v) is 5.94. The van der Waals surface area contributed by atoms with Crippen molar-refractivity contribution >= 4 is 5.91 Å². The number of oxazole rings is 1. The van der Waals surface area contributed by atoms with Gasteiger partial charge in [-0.3, -0.25) is 4.79 Å². The molecular formula is C16H17N3O3. The van der Waals surface area contributed by atoms with Crippen molar-refractivity contribution in [3.63, 3.8) is 0 Å². The Morgan fingerprint density at radius 3 is 2.82 bits per heavy atom. The zero-order chi connectivity index (χ0) is 15.1. The molecule has 2 aliphatic heterocycles. The second-order valence-electron chi connectivity index (χ2n) is 5.94. The van der Waals surface area contributed by atoms with Crippen LogP contribution in [0.4, 0.5) is 0 Å². The smallest absolute Gasteiger partial charge is 0.307 e. The maximum Gasteiger partial charge on any atom is 0.307 e. The van der Waals surface area contributed by atoms with Gasteiger partial charge < -0.3 is 20.2 Å². The lowest BCUT2D eigenvalue weighted by Gasteiger charge is -2.20. The van der Waals surface area contributed by atoms with Crippen LogP contribution in [-0.4, -0.2) is 34.1 Å². The Kier molecular flexibility index (Phi) is 3.11. The molecule has 4 rings (SSSR count). The third kappa shape index (κ3) is 2.35. The molecule has 6 nitrogen and oxygen atoms in total. The van der Waals surface area contributed by atoms with Crippen molar-refractivity contribution in [2.45, 2.75) is 37.4 Å². The molecule has 0 aliphatic carbocycles. The van der Waals surface area contributed by atoms with E-state index >= 15 is 0 Å². The van der Waals surface area contributed by atoms with Crippen LogP contribution >= 0.6 is 0 Å². The maximum atomic E-state index is 12.2. The van der Waals surface area contributed by atoms with Crippen molar-refractivity contribution in [3.8, 4) is 17.1 Å². The first kappa shape index (κ1) is 13.3. The van der Waals surface area contributed by atoms with Gasteiger partial charge in [0.2, 0.25) is 0 Å². The van der Waals surface area contributed by atoms with E-state index in [1.54, 1.807) is 24.3 Å². The highest BCUT2D eigenvalue weighted by Crippen LogP contribution is 2.28. The standard InChI is InChI=1S/C16H17N3O3/c20-11-4-1-9(2-5-11)14-8-17-16(22-14)15(21)19-13-7-10-3-6-12(13)18-10/h1-2,4-5,8,10,12-13,18,20H,3,6-7H2,(H,19,21)/t10-,12+,13-/m1/s1. The molecule has 6 heteroatoms. The van der Waals surface area contributed by atoms with Crippen LogP contribution in [0.3, 0.4) is 0 Å². The van der Waals surface area contributed by atoms with Crippen LogP contribution in [0.25, 0.3) is 11.3 Å². The largest absolute Gasteiger partial charge is 0.508 e. The zero-order valence-electron chi connectivity index (χ0n) is 12.0. The van der Waals surface area contributed by atoms with Gasteiger partial charge in [0.1, 0.15) is 5.75 Å². The number of hydrogen-bond acceptors (Lipinski definition) is 5. The second kappa shape index (κ2) is 5.14. The van der Waals surface area contributed by atoms with Crippen LogP contribution in [0.5, 0.6) is 5.75 Å². The van der Waals surface area contributed by atoms with E-state index in [-0.39, 0.29) is 23.6 Å². The molecule has 3 N–H and O–H groups in total. The number of aromatic nitrogens is 1. The van der Waals surface area contributed by atoms with Crippen molar-refractivity contribution in [1.29, 1.82) is 0 Å². The summed E-state index contributed by atoms with van der Waals surface area (Å²) in [6, 6.07) is 7.65. The minimum Gasteiger partial charge on any atom is -0.508 e. The zero-order valence-corrected chi connectivity index (χ0v) is 12.0. The number of aromatic hydroxyl groups is 1. The van der Waals surface area contributed by atoms with Gasteiger partial charge in [-0.2, -0.15) is 0 Å². The summed E-state index contributed by atoms with van der Waals surface area (Å²) < 4.78 is 5.54. The predicted octanol–water partition coefficient (Wildman–Crippen LogP) is 1.67. The first-order chi connectivity index (χ1) is 10.7. The lowest BCUT2D eigenvalue weighted by atomic mass is 9.95. The molecule has 3 atom stereocenters. The molecule has 2 bridgehead atoms. The number of nitrogens with zero attached hydrogens (tertiary/aromatic N) is 1. The minimum atomic E-state index is -0.274. The summed E-state index contributed by atoms with van der Waals surface area (Å²) in [7, 11) is 0. The van der Waals surface area contributed by atoms with Gasteiger partial charge in [-0.05, 0) is 43.5 Å². The third-order valence-corrected chi connectivity index (χ3v) is 4.47. The number of fused-ring (bicyclic) bond motifs is 2. The van der Waals surface area contributed by atoms with E-state index in [4.69, 9.17) is 4.42 Å². The fourth-order valence-corrected chi connectivity index (χ4v) is 3.35. The molecule has 2 fully saturated rings. The Balaban J connectivity index is 1.46. The normalized spacial score (nSPS) is 26.3. The molecule has 1 amide bonds. The lowest BCUT2D eigenvalue weighted by Crippen LogP contribution is -2.43. The summed E-state index contributed by atoms with van der Waals surface area (Å²) in [5, 5.41) is 15.8. The Bertz CT molecular complexity index is 695. The van der Waals surface area contributed by atoms with Crippen LogP contribution in [0.2, 0.25) is 0 Å². The van der Waals surface area contributed by atoms with Gasteiger partial charge >= 0.3 is 5.91 Å². The minimum absolute atomic E-state index is 0.0749. The van der Waals surface area contributed by atoms with Crippen LogP contribution in [-0.2, 0) is 0 Å². The van der Waals surface area contributed by atoms with Crippen LogP contribution in [0.15, 0.2) is 34.9 Å². The average molecular weight is 299 g/mol. The Morgan fingerprint density at radius 1 is 1.32 bits per heavy atom. The molecule has 0 spiro atoms. The van der Waals surface area contributed by atoms with E-state index in [0.29, 0.717) is 17.8 Å². The molecule has 2 aliphatic rings. The number of rotatable bonds is 3. The summed E-state index contributed by atoms with van der Waals surface area (Å²) in [5.74, 6) is 0.497. The highest BCUT2D eigenvalue weighted by Gasteiger charge is 2.40. The average Bonchev–Trinajstić information content (AvgIpc) is 3.24. The number of nitrogens with one attached hydrogen (secondary N) is 2. The van der Waals surface area contributed by atoms with Gasteiger partial charge in [0.15, 0.2) is 5.76 Å². The predicted molar refractivity (Wildman–Crippen MR) is 79.4 cm³/mol. The van der Waals surface area contributed by atoms with E-state index in [1.807, 2.05) is 0 Å². The van der Waals surface area contributed by atoms with E-state index in [0.717, 1.165) is 18.4 Å². The highest BCUT2D eigenvalue weighted by atomic mass is 16.4. The van der Waals surface area contributed by atoms with Gasteiger partial charge in [0.05, 0.1) is 6.20 Å². The SMILES string of the molecule is O=C(N[C@@H]1C[C@H]2CC[C@@H]1N2)c1ncc(-c2ccc(O)cc2)o1. The molecule has 0 unspecified atom stereocenters. The van der Waals surface area contributed by atoms with Crippen molar-refractivity contribution in [2.24, 2.45) is 0 Å². The van der Waals surface area contributed by atoms with E-state index in [1.165, 1.54) is 12.6 Å². The Hall–Kier alpha value is -2.34. The summed E-state index contributed by atoms with van der Waals surface area (Å²) in [5.41, 5.74) is 0.769. The lowest BCUT2D eigenvalue weighted by molar-refractivity contribution is 0.0896. The third-order valence-electron chi connectivity index (χ3n) is 4.47. The van der Waals surface area contributed by atoms with Gasteiger partial charge in [0, 0.05) is 23.7 Å². The molecule has 0 saturated carbocycles. The molecule has 1 aromatic carbocycles. The molecule has 2 saturated heterocycles. The molecule has 2 aromatic rings. The molecular weight excluding hydrogens is 282 g/mol. The van der Waals surface area contributed by atoms with Crippen molar-refractivity contribution < 1.29 is 14.3 Å². The number of benzene rings is 1. The summed E-state index contributed by atoms with van der Waals surface area (Å²) in [6.45, 7) is 0. The van der Waals surface area contributed by atoms with Crippen molar-refractivity contribution in [1.82, 2.24) is 15.6 Å². The van der Waals surface area contributed by atoms with E-state index in [9.17, 15) is 9.90 Å². The summed E-state index contributed by atoms with van der Waals surface area (Å²) >= 11 is 0. The molecule has 114 valence electrons. The number of amides is 1. The highest BCUT2D eigenvalue weighted by molar-refractivity contribution is 5.90. The van der Waals surface area contributed by atoms with E-state index < -0.39 is 0 Å². The number of carbonyl (C=O) groups excluding carboxylic acids is 1. The van der Waals surface area contributed by atoms with Gasteiger partial charge in [-0.15, -0.1) is 0 Å². The van der Waals surface area contributed by atoms with Crippen LogP contribution in [0, 0.1) is 0 Å². The van der Waals surface area contributed by atoms with Gasteiger partial charge in [-0.25, -0.2) is 4.98 Å². The first-order valence-corrected chi connectivity index (χ1v) is 7.51. The maximum absolute atomic E-state index is 12.2.